The van der Waals surface area contributed by atoms with Gasteiger partial charge in [0.05, 0.1) is 110 Å². The molecular formula is C49H96O20. The van der Waals surface area contributed by atoms with Gasteiger partial charge in [-0.3, -0.25) is 19.2 Å². The fraction of sp³-hybridized carbons (Fsp3) is 0.918. The van der Waals surface area contributed by atoms with Gasteiger partial charge >= 0.3 is 23.9 Å². The number of unbranched alkanes of at least 4 members (excludes halogenated alkanes) is 2. The Kier molecular flexibility index (Phi) is 40.9. The maximum atomic E-state index is 12.3. The molecule has 0 aromatic heterocycles. The Hall–Kier alpha value is -2.60. The van der Waals surface area contributed by atoms with Crippen LogP contribution in [0.5, 0.6) is 0 Å². The van der Waals surface area contributed by atoms with Crippen LogP contribution in [0.15, 0.2) is 0 Å². The predicted molar refractivity (Wildman–Crippen MR) is 257 cm³/mol. The molecule has 2 unspecified atom stereocenters. The number of aliphatic carboxylic acids is 2. The molecule has 0 aliphatic rings. The molecule has 0 aliphatic carbocycles. The van der Waals surface area contributed by atoms with Crippen LogP contribution in [0, 0.1) is 32.5 Å². The van der Waals surface area contributed by atoms with Crippen LogP contribution in [0.1, 0.15) is 145 Å². The number of hydrogen-bond acceptors (Lipinski definition) is 18. The number of ether oxygens (including phenoxy) is 5. The molecule has 0 rings (SSSR count). The fourth-order valence-corrected chi connectivity index (χ4v) is 6.18. The van der Waals surface area contributed by atoms with Gasteiger partial charge in [-0.15, -0.1) is 0 Å². The van der Waals surface area contributed by atoms with Gasteiger partial charge in [0.15, 0.2) is 0 Å². The summed E-state index contributed by atoms with van der Waals surface area (Å²) in [4.78, 5) is 44.5. The zero-order valence-corrected chi connectivity index (χ0v) is 43.2. The summed E-state index contributed by atoms with van der Waals surface area (Å²) in [6, 6.07) is 0. The fourth-order valence-electron chi connectivity index (χ4n) is 6.18. The second kappa shape index (κ2) is 39.9. The third-order valence-electron chi connectivity index (χ3n) is 13.8. The van der Waals surface area contributed by atoms with Crippen LogP contribution in [0.4, 0.5) is 0 Å². The van der Waals surface area contributed by atoms with Crippen molar-refractivity contribution in [2.24, 2.45) is 32.5 Å². The molecule has 0 bridgehead atoms. The van der Waals surface area contributed by atoms with Crippen LogP contribution in [-0.2, 0) is 42.9 Å². The molecule has 0 radical (unpaired) electrons. The molecule has 0 aliphatic heterocycles. The number of aliphatic hydroxyl groups excluding tert-OH is 9. The van der Waals surface area contributed by atoms with Crippen molar-refractivity contribution in [1.82, 2.24) is 0 Å². The molecule has 69 heavy (non-hydrogen) atoms. The standard InChI is InChI=1S/C31H60O11.C12H26O5.C6H10O4/c1-6-28(7-2,15-32)20-39-22-30(9-4,18-35)24-41-26(37)13-11-12-14-27(38)42-25-31(10-5,19-36)23-40-21-29(8-3,16-33)17-34;1-3-11(5-13,6-14)9-17-10-12(4-2,7-15)8-16;7-5(8)3-1-2-4-6(9)10/h32-36H,6-25H2,1-5H3;13-16H,3-10H2,1-2H3;1-4H2,(H,7,8)(H,9,10). The Balaban J connectivity index is -0.00000131. The van der Waals surface area contributed by atoms with Crippen LogP contribution in [-0.4, -0.2) is 192 Å². The van der Waals surface area contributed by atoms with Crippen LogP contribution in [0.2, 0.25) is 0 Å². The average Bonchev–Trinajstić information content (AvgIpc) is 3.37. The third kappa shape index (κ3) is 28.9. The van der Waals surface area contributed by atoms with Gasteiger partial charge < -0.3 is 79.9 Å². The van der Waals surface area contributed by atoms with Gasteiger partial charge in [0, 0.05) is 47.3 Å². The lowest BCUT2D eigenvalue weighted by atomic mass is 9.84. The zero-order valence-electron chi connectivity index (χ0n) is 43.2. The van der Waals surface area contributed by atoms with Crippen molar-refractivity contribution in [1.29, 1.82) is 0 Å². The minimum absolute atomic E-state index is 0.0174. The number of aliphatic hydroxyl groups is 9. The molecule has 412 valence electrons. The van der Waals surface area contributed by atoms with E-state index in [9.17, 15) is 65.1 Å². The lowest BCUT2D eigenvalue weighted by Gasteiger charge is -2.34. The molecule has 0 spiro atoms. The Bertz CT molecular complexity index is 1160. The largest absolute Gasteiger partial charge is 0.481 e. The average molecular weight is 1010 g/mol. The summed E-state index contributed by atoms with van der Waals surface area (Å²) in [5.41, 5.74) is -3.86. The molecule has 20 heteroatoms. The molecule has 20 nitrogen and oxygen atoms in total. The van der Waals surface area contributed by atoms with Crippen molar-refractivity contribution < 1.29 is 99.0 Å². The normalized spacial score (nSPS) is 13.8. The highest BCUT2D eigenvalue weighted by atomic mass is 16.5. The second-order valence-electron chi connectivity index (χ2n) is 18.9. The summed E-state index contributed by atoms with van der Waals surface area (Å²) >= 11 is 0. The smallest absolute Gasteiger partial charge is 0.305 e. The van der Waals surface area contributed by atoms with E-state index in [0.717, 1.165) is 12.8 Å². The number of rotatable bonds is 42. The van der Waals surface area contributed by atoms with Crippen LogP contribution in [0.3, 0.4) is 0 Å². The van der Waals surface area contributed by atoms with Gasteiger partial charge in [0.2, 0.25) is 0 Å². The third-order valence-corrected chi connectivity index (χ3v) is 13.8. The van der Waals surface area contributed by atoms with E-state index in [1.165, 1.54) is 0 Å². The monoisotopic (exact) mass is 1000 g/mol. The highest BCUT2D eigenvalue weighted by Gasteiger charge is 2.35. The molecule has 0 heterocycles. The predicted octanol–water partition coefficient (Wildman–Crippen LogP) is 3.10. The first-order valence-electron chi connectivity index (χ1n) is 24.7. The van der Waals surface area contributed by atoms with E-state index in [-0.39, 0.29) is 137 Å². The molecule has 0 aromatic rings. The summed E-state index contributed by atoms with van der Waals surface area (Å²) < 4.78 is 28.0. The van der Waals surface area contributed by atoms with Crippen molar-refractivity contribution in [3.63, 3.8) is 0 Å². The Morgan fingerprint density at radius 1 is 0.304 bits per heavy atom. The first kappa shape index (κ1) is 70.7. The maximum Gasteiger partial charge on any atom is 0.305 e. The van der Waals surface area contributed by atoms with Crippen molar-refractivity contribution in [2.45, 2.75) is 145 Å². The molecule has 2 atom stereocenters. The van der Waals surface area contributed by atoms with Crippen LogP contribution >= 0.6 is 0 Å². The lowest BCUT2D eigenvalue weighted by Crippen LogP contribution is -2.40. The Labute approximate surface area is 411 Å². The van der Waals surface area contributed by atoms with E-state index in [1.54, 1.807) is 0 Å². The van der Waals surface area contributed by atoms with Crippen molar-refractivity contribution in [3.8, 4) is 0 Å². The Morgan fingerprint density at radius 3 is 0.710 bits per heavy atom. The zero-order chi connectivity index (χ0) is 53.5. The summed E-state index contributed by atoms with van der Waals surface area (Å²) in [6.07, 6.45) is 6.43. The van der Waals surface area contributed by atoms with E-state index in [0.29, 0.717) is 64.4 Å². The molecule has 0 saturated carbocycles. The molecule has 0 fully saturated rings. The van der Waals surface area contributed by atoms with E-state index in [2.05, 4.69) is 0 Å². The maximum absolute atomic E-state index is 12.3. The minimum Gasteiger partial charge on any atom is -0.481 e. The van der Waals surface area contributed by atoms with Crippen LogP contribution < -0.4 is 0 Å². The SMILES string of the molecule is CCC(CC)(CO)COCC(CC)(CO)COC(=O)CCCCC(=O)OCC(CC)(CO)COCC(CC)(CO)CO.CCC(CO)(CO)COCC(CC)(CO)CO.O=C(O)CCCCC(=O)O. The number of carboxylic acids is 2. The quantitative estimate of drug-likeness (QED) is 0.0309. The van der Waals surface area contributed by atoms with Crippen molar-refractivity contribution in [2.75, 3.05) is 112 Å². The molecular weight excluding hydrogens is 909 g/mol. The summed E-state index contributed by atoms with van der Waals surface area (Å²) in [7, 11) is 0. The highest BCUT2D eigenvalue weighted by Crippen LogP contribution is 2.30. The molecule has 11 N–H and O–H groups in total. The van der Waals surface area contributed by atoms with E-state index < -0.39 is 51.0 Å². The first-order valence-corrected chi connectivity index (χ1v) is 24.7. The number of esters is 2. The summed E-state index contributed by atoms with van der Waals surface area (Å²) in [6.45, 7) is 13.2. The Morgan fingerprint density at radius 2 is 0.507 bits per heavy atom. The number of hydrogen-bond donors (Lipinski definition) is 11. The van der Waals surface area contributed by atoms with E-state index >= 15 is 0 Å². The number of carbonyl (C=O) groups is 4. The van der Waals surface area contributed by atoms with E-state index in [4.69, 9.17) is 33.9 Å². The summed E-state index contributed by atoms with van der Waals surface area (Å²) in [5, 5.41) is 102. The van der Waals surface area contributed by atoms with Gasteiger partial charge in [-0.05, 0) is 70.6 Å². The second-order valence-corrected chi connectivity index (χ2v) is 18.9. The molecule has 0 saturated heterocycles. The van der Waals surface area contributed by atoms with Gasteiger partial charge in [0.1, 0.15) is 13.2 Å². The lowest BCUT2D eigenvalue weighted by molar-refractivity contribution is -0.154. The highest BCUT2D eigenvalue weighted by molar-refractivity contribution is 5.70. The number of carboxylic acid groups (broad SMARTS) is 2. The molecule has 0 amide bonds. The topological polar surface area (TPSA) is 337 Å². The van der Waals surface area contributed by atoms with Gasteiger partial charge in [-0.25, -0.2) is 0 Å². The van der Waals surface area contributed by atoms with Crippen molar-refractivity contribution >= 4 is 23.9 Å². The summed E-state index contributed by atoms with van der Waals surface area (Å²) in [5.74, 6) is -2.60. The van der Waals surface area contributed by atoms with E-state index in [1.807, 2.05) is 48.5 Å². The van der Waals surface area contributed by atoms with Gasteiger partial charge in [-0.2, -0.15) is 0 Å². The number of carbonyl (C=O) groups excluding carboxylic acids is 2. The van der Waals surface area contributed by atoms with Gasteiger partial charge in [0.25, 0.3) is 0 Å². The molecule has 0 aromatic carbocycles. The van der Waals surface area contributed by atoms with Crippen molar-refractivity contribution in [3.05, 3.63) is 0 Å². The first-order chi connectivity index (χ1) is 32.7. The minimum atomic E-state index is -0.870. The van der Waals surface area contributed by atoms with Crippen LogP contribution in [0.25, 0.3) is 0 Å². The van der Waals surface area contributed by atoms with Gasteiger partial charge in [-0.1, -0.05) is 48.5 Å².